The minimum Gasteiger partial charge on any atom is -0.468 e. The van der Waals surface area contributed by atoms with Crippen molar-refractivity contribution in [2.75, 3.05) is 33.2 Å². The van der Waals surface area contributed by atoms with Crippen molar-refractivity contribution in [1.29, 1.82) is 0 Å². The molecule has 1 aliphatic rings. The van der Waals surface area contributed by atoms with Crippen molar-refractivity contribution in [3.8, 4) is 0 Å². The van der Waals surface area contributed by atoms with Crippen molar-refractivity contribution in [2.45, 2.75) is 37.2 Å². The van der Waals surface area contributed by atoms with Crippen LogP contribution in [0.4, 0.5) is 0 Å². The number of benzene rings is 1. The molecule has 10 heteroatoms. The zero-order valence-electron chi connectivity index (χ0n) is 18.0. The van der Waals surface area contributed by atoms with Gasteiger partial charge in [-0.05, 0) is 69.7 Å². The summed E-state index contributed by atoms with van der Waals surface area (Å²) in [5.41, 5.74) is 0.935. The fourth-order valence-corrected chi connectivity index (χ4v) is 4.27. The number of furan rings is 1. The molecule has 1 fully saturated rings. The summed E-state index contributed by atoms with van der Waals surface area (Å²) in [6.07, 6.45) is 4.14. The number of likely N-dealkylation sites (tertiary alicyclic amines) is 1. The zero-order chi connectivity index (χ0) is 21.4. The molecule has 2 aromatic rings. The van der Waals surface area contributed by atoms with Gasteiger partial charge in [0.2, 0.25) is 10.0 Å². The van der Waals surface area contributed by atoms with E-state index in [0.29, 0.717) is 13.1 Å². The lowest BCUT2D eigenvalue weighted by Crippen LogP contribution is -2.42. The van der Waals surface area contributed by atoms with Crippen LogP contribution in [0.2, 0.25) is 0 Å². The molecule has 0 spiro atoms. The first kappa shape index (κ1) is 25.6. The van der Waals surface area contributed by atoms with Gasteiger partial charge < -0.3 is 15.1 Å². The van der Waals surface area contributed by atoms with Gasteiger partial charge in [-0.3, -0.25) is 4.90 Å². The van der Waals surface area contributed by atoms with Crippen molar-refractivity contribution >= 4 is 40.0 Å². The molecule has 0 aliphatic carbocycles. The molecular weight excluding hydrogens is 529 g/mol. The highest BCUT2D eigenvalue weighted by atomic mass is 127. The third-order valence-electron chi connectivity index (χ3n) is 5.18. The molecule has 3 N–H and O–H groups in total. The van der Waals surface area contributed by atoms with Crippen molar-refractivity contribution in [2.24, 2.45) is 4.99 Å². The molecule has 0 bridgehead atoms. The predicted octanol–water partition coefficient (Wildman–Crippen LogP) is 2.70. The van der Waals surface area contributed by atoms with Crippen LogP contribution in [0, 0.1) is 0 Å². The van der Waals surface area contributed by atoms with Gasteiger partial charge in [-0.15, -0.1) is 24.0 Å². The van der Waals surface area contributed by atoms with E-state index < -0.39 is 10.0 Å². The van der Waals surface area contributed by atoms with Gasteiger partial charge in [0.15, 0.2) is 5.96 Å². The van der Waals surface area contributed by atoms with Crippen LogP contribution in [0.15, 0.2) is 57.0 Å². The number of guanidine groups is 1. The van der Waals surface area contributed by atoms with E-state index in [0.717, 1.165) is 36.9 Å². The largest absolute Gasteiger partial charge is 0.468 e. The Balaban J connectivity index is 0.00000341. The lowest BCUT2D eigenvalue weighted by Gasteiger charge is -2.26. The van der Waals surface area contributed by atoms with Crippen LogP contribution < -0.4 is 15.4 Å². The highest BCUT2D eigenvalue weighted by Gasteiger charge is 2.25. The maximum atomic E-state index is 11.8. The third-order valence-corrected chi connectivity index (χ3v) is 6.61. The van der Waals surface area contributed by atoms with Gasteiger partial charge in [0.1, 0.15) is 5.76 Å². The Kier molecular flexibility index (Phi) is 10.3. The molecule has 2 heterocycles. The second-order valence-electron chi connectivity index (χ2n) is 7.20. The predicted molar refractivity (Wildman–Crippen MR) is 133 cm³/mol. The Morgan fingerprint density at radius 3 is 2.45 bits per heavy atom. The number of sulfonamides is 1. The van der Waals surface area contributed by atoms with Gasteiger partial charge in [-0.25, -0.2) is 18.1 Å². The summed E-state index contributed by atoms with van der Waals surface area (Å²) in [5.74, 6) is 1.68. The van der Waals surface area contributed by atoms with E-state index in [1.165, 1.54) is 19.9 Å². The number of hydrogen-bond acceptors (Lipinski definition) is 5. The summed E-state index contributed by atoms with van der Waals surface area (Å²) in [4.78, 5) is 7.34. The molecule has 1 aromatic heterocycles. The van der Waals surface area contributed by atoms with Gasteiger partial charge in [-0.2, -0.15) is 0 Å². The average molecular weight is 561 g/mol. The lowest BCUT2D eigenvalue weighted by molar-refractivity contribution is 0.215. The number of nitrogens with zero attached hydrogens (tertiary/aromatic N) is 2. The van der Waals surface area contributed by atoms with E-state index in [2.05, 4.69) is 25.2 Å². The molecule has 0 amide bonds. The van der Waals surface area contributed by atoms with E-state index >= 15 is 0 Å². The standard InChI is InChI=1S/C21H31N5O3S.HI/c1-3-23-21(24-15-17-8-10-18(11-9-17)30(27,28)22-2)25-16-19(20-7-6-14-29-20)26-12-4-5-13-26;/h6-11,14,19,22H,3-5,12-13,15-16H2,1-2H3,(H2,23,24,25);1H. The normalized spacial score (nSPS) is 16.0. The minimum atomic E-state index is -3.43. The summed E-state index contributed by atoms with van der Waals surface area (Å²) in [7, 11) is -2.02. The van der Waals surface area contributed by atoms with Gasteiger partial charge in [-0.1, -0.05) is 12.1 Å². The number of rotatable bonds is 9. The molecule has 1 saturated heterocycles. The summed E-state index contributed by atoms with van der Waals surface area (Å²) in [5, 5.41) is 6.71. The van der Waals surface area contributed by atoms with Gasteiger partial charge in [0.05, 0.1) is 23.7 Å². The van der Waals surface area contributed by atoms with Crippen LogP contribution >= 0.6 is 24.0 Å². The van der Waals surface area contributed by atoms with Crippen LogP contribution in [0.5, 0.6) is 0 Å². The smallest absolute Gasteiger partial charge is 0.240 e. The molecule has 1 aromatic carbocycles. The van der Waals surface area contributed by atoms with Crippen LogP contribution in [0.1, 0.15) is 37.1 Å². The highest BCUT2D eigenvalue weighted by molar-refractivity contribution is 14.0. The molecular formula is C21H32IN5O3S. The molecule has 1 unspecified atom stereocenters. The Bertz CT molecular complexity index is 911. The summed E-state index contributed by atoms with van der Waals surface area (Å²) < 4.78 is 31.7. The minimum absolute atomic E-state index is 0. The molecule has 1 atom stereocenters. The number of aliphatic imine (C=N–C) groups is 1. The first-order chi connectivity index (χ1) is 14.5. The van der Waals surface area contributed by atoms with Crippen molar-refractivity contribution in [1.82, 2.24) is 20.3 Å². The second-order valence-corrected chi connectivity index (χ2v) is 9.09. The lowest BCUT2D eigenvalue weighted by atomic mass is 10.2. The Hall–Kier alpha value is -1.63. The fraction of sp³-hybridized carbons (Fsp3) is 0.476. The first-order valence-corrected chi connectivity index (χ1v) is 11.8. The Morgan fingerprint density at radius 2 is 1.87 bits per heavy atom. The van der Waals surface area contributed by atoms with Crippen LogP contribution in [0.3, 0.4) is 0 Å². The van der Waals surface area contributed by atoms with Gasteiger partial charge >= 0.3 is 0 Å². The quantitative estimate of drug-likeness (QED) is 0.248. The van der Waals surface area contributed by atoms with Crippen LogP contribution in [-0.2, 0) is 16.6 Å². The van der Waals surface area contributed by atoms with Crippen molar-refractivity contribution in [3.63, 3.8) is 0 Å². The molecule has 31 heavy (non-hydrogen) atoms. The topological polar surface area (TPSA) is 99.0 Å². The van der Waals surface area contributed by atoms with Gasteiger partial charge in [0, 0.05) is 13.1 Å². The molecule has 8 nitrogen and oxygen atoms in total. The fourth-order valence-electron chi connectivity index (χ4n) is 3.54. The Morgan fingerprint density at radius 1 is 1.16 bits per heavy atom. The molecule has 3 rings (SSSR count). The maximum Gasteiger partial charge on any atom is 0.240 e. The van der Waals surface area contributed by atoms with Crippen LogP contribution in [0.25, 0.3) is 0 Å². The molecule has 1 aliphatic heterocycles. The number of hydrogen-bond donors (Lipinski definition) is 3. The molecule has 0 radical (unpaired) electrons. The van der Waals surface area contributed by atoms with E-state index in [4.69, 9.17) is 4.42 Å². The maximum absolute atomic E-state index is 11.8. The van der Waals surface area contributed by atoms with Crippen molar-refractivity contribution < 1.29 is 12.8 Å². The molecule has 172 valence electrons. The number of halogens is 1. The van der Waals surface area contributed by atoms with Crippen molar-refractivity contribution in [3.05, 3.63) is 54.0 Å². The Labute approximate surface area is 202 Å². The monoisotopic (exact) mass is 561 g/mol. The van der Waals surface area contributed by atoms with E-state index in [-0.39, 0.29) is 34.9 Å². The average Bonchev–Trinajstić information content (AvgIpc) is 3.47. The van der Waals surface area contributed by atoms with E-state index in [1.807, 2.05) is 19.1 Å². The molecule has 0 saturated carbocycles. The summed E-state index contributed by atoms with van der Waals surface area (Å²) in [6, 6.07) is 10.9. The second kappa shape index (κ2) is 12.4. The summed E-state index contributed by atoms with van der Waals surface area (Å²) >= 11 is 0. The zero-order valence-corrected chi connectivity index (χ0v) is 21.2. The van der Waals surface area contributed by atoms with E-state index in [1.54, 1.807) is 30.5 Å². The number of nitrogens with one attached hydrogen (secondary N) is 3. The third kappa shape index (κ3) is 7.19. The van der Waals surface area contributed by atoms with Gasteiger partial charge in [0.25, 0.3) is 0 Å². The SMILES string of the molecule is CCNC(=NCc1ccc(S(=O)(=O)NC)cc1)NCC(c1ccco1)N1CCCC1.I. The van der Waals surface area contributed by atoms with E-state index in [9.17, 15) is 8.42 Å². The summed E-state index contributed by atoms with van der Waals surface area (Å²) in [6.45, 7) is 6.06. The van der Waals surface area contributed by atoms with Crippen LogP contribution in [-0.4, -0.2) is 52.5 Å². The highest BCUT2D eigenvalue weighted by Crippen LogP contribution is 2.24. The first-order valence-electron chi connectivity index (χ1n) is 10.4.